The SMILES string of the molecule is CN(C)C(=O)c1cccc(NC(=O)COc2ccc3c(C(F)(F)F)cc(=O)oc3c2)c1. The quantitative estimate of drug-likeness (QED) is 0.621. The van der Waals surface area contributed by atoms with Gasteiger partial charge < -0.3 is 19.4 Å². The van der Waals surface area contributed by atoms with Crippen molar-refractivity contribution in [2.75, 3.05) is 26.0 Å². The van der Waals surface area contributed by atoms with Gasteiger partial charge in [-0.05, 0) is 30.3 Å². The second kappa shape index (κ2) is 8.50. The van der Waals surface area contributed by atoms with Gasteiger partial charge in [0.2, 0.25) is 0 Å². The van der Waals surface area contributed by atoms with Gasteiger partial charge >= 0.3 is 11.8 Å². The van der Waals surface area contributed by atoms with Gasteiger partial charge in [-0.3, -0.25) is 9.59 Å². The summed E-state index contributed by atoms with van der Waals surface area (Å²) in [6, 6.07) is 10.1. The third-order valence-electron chi connectivity index (χ3n) is 4.19. The molecule has 0 fully saturated rings. The third kappa shape index (κ3) is 5.21. The average Bonchev–Trinajstić information content (AvgIpc) is 2.70. The Kier molecular flexibility index (Phi) is 6.00. The van der Waals surface area contributed by atoms with Crippen LogP contribution < -0.4 is 15.7 Å². The molecule has 3 aromatic rings. The molecule has 31 heavy (non-hydrogen) atoms. The Morgan fingerprint density at radius 1 is 1.10 bits per heavy atom. The Bertz CT molecular complexity index is 1200. The first-order valence-electron chi connectivity index (χ1n) is 8.94. The van der Waals surface area contributed by atoms with Crippen LogP contribution in [0.15, 0.2) is 57.7 Å². The standard InChI is InChI=1S/C21H17F3N2O5/c1-26(2)20(29)12-4-3-5-13(8-12)25-18(27)11-30-14-6-7-15-16(21(22,23)24)10-19(28)31-17(15)9-14/h3-10H,11H2,1-2H3,(H,25,27). The number of fused-ring (bicyclic) bond motifs is 1. The van der Waals surface area contributed by atoms with Gasteiger partial charge in [0.1, 0.15) is 11.3 Å². The Morgan fingerprint density at radius 3 is 2.52 bits per heavy atom. The van der Waals surface area contributed by atoms with E-state index in [0.29, 0.717) is 17.3 Å². The Hall–Kier alpha value is -3.82. The van der Waals surface area contributed by atoms with Gasteiger partial charge in [0, 0.05) is 42.9 Å². The van der Waals surface area contributed by atoms with Crippen LogP contribution in [-0.2, 0) is 11.0 Å². The zero-order valence-electron chi connectivity index (χ0n) is 16.4. The summed E-state index contributed by atoms with van der Waals surface area (Å²) in [7, 11) is 3.20. The summed E-state index contributed by atoms with van der Waals surface area (Å²) in [5.41, 5.74) is -1.82. The first-order chi connectivity index (χ1) is 14.5. The molecule has 0 aliphatic heterocycles. The first kappa shape index (κ1) is 21.9. The molecule has 1 aromatic heterocycles. The van der Waals surface area contributed by atoms with Crippen LogP contribution in [0.5, 0.6) is 5.75 Å². The molecule has 2 aromatic carbocycles. The molecule has 0 saturated heterocycles. The number of nitrogens with one attached hydrogen (secondary N) is 1. The van der Waals surface area contributed by atoms with Crippen LogP contribution in [-0.4, -0.2) is 37.4 Å². The maximum Gasteiger partial charge on any atom is 0.417 e. The van der Waals surface area contributed by atoms with Crippen LogP contribution in [0.2, 0.25) is 0 Å². The van der Waals surface area contributed by atoms with Crippen molar-refractivity contribution in [1.29, 1.82) is 0 Å². The predicted molar refractivity (Wildman–Crippen MR) is 106 cm³/mol. The van der Waals surface area contributed by atoms with Gasteiger partial charge in [0.15, 0.2) is 6.61 Å². The highest BCUT2D eigenvalue weighted by molar-refractivity contribution is 5.97. The summed E-state index contributed by atoms with van der Waals surface area (Å²) in [5.74, 6) is -0.745. The predicted octanol–water partition coefficient (Wildman–Crippen LogP) is 3.53. The molecule has 0 bridgehead atoms. The van der Waals surface area contributed by atoms with E-state index in [1.165, 1.54) is 17.0 Å². The van der Waals surface area contributed by atoms with E-state index in [2.05, 4.69) is 5.32 Å². The lowest BCUT2D eigenvalue weighted by Crippen LogP contribution is -2.23. The van der Waals surface area contributed by atoms with Crippen LogP contribution in [0.4, 0.5) is 18.9 Å². The van der Waals surface area contributed by atoms with E-state index in [9.17, 15) is 27.6 Å². The highest BCUT2D eigenvalue weighted by Crippen LogP contribution is 2.34. The second-order valence-electron chi connectivity index (χ2n) is 6.75. The lowest BCUT2D eigenvalue weighted by atomic mass is 10.1. The number of hydrogen-bond donors (Lipinski definition) is 1. The minimum Gasteiger partial charge on any atom is -0.484 e. The van der Waals surface area contributed by atoms with Crippen molar-refractivity contribution >= 4 is 28.5 Å². The van der Waals surface area contributed by atoms with Crippen LogP contribution >= 0.6 is 0 Å². The number of anilines is 1. The summed E-state index contributed by atoms with van der Waals surface area (Å²) in [6.45, 7) is -0.458. The van der Waals surface area contributed by atoms with Gasteiger partial charge in [0.25, 0.3) is 11.8 Å². The van der Waals surface area contributed by atoms with E-state index in [1.807, 2.05) is 0 Å². The zero-order valence-corrected chi connectivity index (χ0v) is 16.4. The minimum atomic E-state index is -4.72. The van der Waals surface area contributed by atoms with Crippen molar-refractivity contribution in [3.05, 3.63) is 70.1 Å². The molecule has 10 heteroatoms. The van der Waals surface area contributed by atoms with Gasteiger partial charge in [-0.2, -0.15) is 13.2 Å². The molecule has 1 heterocycles. The van der Waals surface area contributed by atoms with Crippen molar-refractivity contribution in [1.82, 2.24) is 4.90 Å². The molecular weight excluding hydrogens is 417 g/mol. The smallest absolute Gasteiger partial charge is 0.417 e. The number of benzene rings is 2. The highest BCUT2D eigenvalue weighted by Gasteiger charge is 2.33. The number of carbonyl (C=O) groups excluding carboxylic acids is 2. The maximum absolute atomic E-state index is 13.1. The van der Waals surface area contributed by atoms with E-state index in [4.69, 9.17) is 9.15 Å². The molecule has 0 radical (unpaired) electrons. The Balaban J connectivity index is 1.71. The molecule has 0 aliphatic rings. The van der Waals surface area contributed by atoms with Gasteiger partial charge in [-0.15, -0.1) is 0 Å². The number of ether oxygens (including phenoxy) is 1. The molecule has 0 atom stereocenters. The van der Waals surface area contributed by atoms with E-state index in [1.54, 1.807) is 32.3 Å². The van der Waals surface area contributed by atoms with E-state index in [-0.39, 0.29) is 22.6 Å². The molecule has 0 spiro atoms. The van der Waals surface area contributed by atoms with Crippen molar-refractivity contribution in [3.8, 4) is 5.75 Å². The summed E-state index contributed by atoms with van der Waals surface area (Å²) in [4.78, 5) is 37.0. The lowest BCUT2D eigenvalue weighted by Gasteiger charge is -2.12. The summed E-state index contributed by atoms with van der Waals surface area (Å²) in [5, 5.41) is 2.27. The number of hydrogen-bond acceptors (Lipinski definition) is 5. The number of alkyl halides is 3. The minimum absolute atomic E-state index is 0.0432. The molecule has 3 rings (SSSR count). The first-order valence-corrected chi connectivity index (χ1v) is 8.94. The van der Waals surface area contributed by atoms with Crippen molar-refractivity contribution in [3.63, 3.8) is 0 Å². The molecule has 7 nitrogen and oxygen atoms in total. The van der Waals surface area contributed by atoms with E-state index >= 15 is 0 Å². The highest BCUT2D eigenvalue weighted by atomic mass is 19.4. The van der Waals surface area contributed by atoms with E-state index in [0.717, 1.165) is 12.1 Å². The van der Waals surface area contributed by atoms with Crippen LogP contribution in [0.1, 0.15) is 15.9 Å². The lowest BCUT2D eigenvalue weighted by molar-refractivity contribution is -0.136. The second-order valence-corrected chi connectivity index (χ2v) is 6.75. The fraction of sp³-hybridized carbons (Fsp3) is 0.190. The fourth-order valence-electron chi connectivity index (χ4n) is 2.80. The maximum atomic E-state index is 13.1. The fourth-order valence-corrected chi connectivity index (χ4v) is 2.80. The molecule has 1 N–H and O–H groups in total. The van der Waals surface area contributed by atoms with Crippen LogP contribution in [0, 0.1) is 0 Å². The summed E-state index contributed by atoms with van der Waals surface area (Å²) < 4.78 is 49.4. The monoisotopic (exact) mass is 434 g/mol. The number of halogens is 3. The van der Waals surface area contributed by atoms with Gasteiger partial charge in [-0.25, -0.2) is 4.79 Å². The molecule has 2 amide bonds. The molecule has 0 saturated carbocycles. The normalized spacial score (nSPS) is 11.3. The Morgan fingerprint density at radius 2 is 1.84 bits per heavy atom. The van der Waals surface area contributed by atoms with Crippen molar-refractivity contribution in [2.24, 2.45) is 0 Å². The molecule has 0 aliphatic carbocycles. The number of carbonyl (C=O) groups is 2. The zero-order chi connectivity index (χ0) is 22.8. The van der Waals surface area contributed by atoms with Crippen molar-refractivity contribution < 1.29 is 31.9 Å². The summed E-state index contributed by atoms with van der Waals surface area (Å²) >= 11 is 0. The van der Waals surface area contributed by atoms with E-state index < -0.39 is 29.9 Å². The van der Waals surface area contributed by atoms with Crippen LogP contribution in [0.25, 0.3) is 11.0 Å². The third-order valence-corrected chi connectivity index (χ3v) is 4.19. The number of nitrogens with zero attached hydrogens (tertiary/aromatic N) is 1. The molecule has 162 valence electrons. The summed E-state index contributed by atoms with van der Waals surface area (Å²) in [6.07, 6.45) is -4.72. The largest absolute Gasteiger partial charge is 0.484 e. The van der Waals surface area contributed by atoms with Gasteiger partial charge in [0.05, 0.1) is 5.56 Å². The van der Waals surface area contributed by atoms with Crippen LogP contribution in [0.3, 0.4) is 0 Å². The van der Waals surface area contributed by atoms with Crippen molar-refractivity contribution in [2.45, 2.75) is 6.18 Å². The number of rotatable bonds is 5. The Labute approximate surface area is 174 Å². The number of amides is 2. The topological polar surface area (TPSA) is 88.9 Å². The average molecular weight is 434 g/mol. The molecule has 0 unspecified atom stereocenters. The molecular formula is C21H17F3N2O5. The van der Waals surface area contributed by atoms with Gasteiger partial charge in [-0.1, -0.05) is 6.07 Å².